The van der Waals surface area contributed by atoms with Crippen molar-refractivity contribution in [2.24, 2.45) is 5.73 Å². The molecule has 0 radical (unpaired) electrons. The van der Waals surface area contributed by atoms with Crippen molar-refractivity contribution in [2.75, 3.05) is 46.6 Å². The minimum atomic E-state index is -0.995. The first-order chi connectivity index (χ1) is 8.06. The van der Waals surface area contributed by atoms with Crippen LogP contribution in [-0.2, 0) is 19.1 Å². The van der Waals surface area contributed by atoms with E-state index in [1.165, 1.54) is 4.90 Å². The second kappa shape index (κ2) is 10.0. The molecule has 1 amide bonds. The van der Waals surface area contributed by atoms with Gasteiger partial charge >= 0.3 is 5.97 Å². The third-order valence-electron chi connectivity index (χ3n) is 1.93. The summed E-state index contributed by atoms with van der Waals surface area (Å²) < 4.78 is 10.1. The molecule has 17 heavy (non-hydrogen) atoms. The van der Waals surface area contributed by atoms with E-state index in [1.807, 2.05) is 0 Å². The lowest BCUT2D eigenvalue weighted by Gasteiger charge is -2.18. The fraction of sp³-hybridized carbons (Fsp3) is 0.800. The van der Waals surface area contributed by atoms with E-state index in [0.717, 1.165) is 6.42 Å². The van der Waals surface area contributed by atoms with Crippen LogP contribution in [0, 0.1) is 0 Å². The number of rotatable bonds is 11. The van der Waals surface area contributed by atoms with E-state index in [2.05, 4.69) is 0 Å². The molecular weight excluding hydrogens is 228 g/mol. The monoisotopic (exact) mass is 248 g/mol. The predicted octanol–water partition coefficient (Wildman–Crippen LogP) is -1.09. The van der Waals surface area contributed by atoms with Crippen LogP contribution in [0.4, 0.5) is 0 Å². The Morgan fingerprint density at radius 3 is 2.47 bits per heavy atom. The number of carboxylic acids is 1. The number of hydrogen-bond donors (Lipinski definition) is 2. The third kappa shape index (κ3) is 11.1. The quantitative estimate of drug-likeness (QED) is 0.450. The van der Waals surface area contributed by atoms with Crippen molar-refractivity contribution < 1.29 is 24.2 Å². The average Bonchev–Trinajstić information content (AvgIpc) is 2.21. The Balaban J connectivity index is 3.68. The zero-order valence-corrected chi connectivity index (χ0v) is 10.1. The first kappa shape index (κ1) is 15.8. The first-order valence-electron chi connectivity index (χ1n) is 5.35. The molecule has 7 nitrogen and oxygen atoms in total. The molecule has 0 saturated heterocycles. The molecule has 0 aromatic rings. The lowest BCUT2D eigenvalue weighted by Crippen LogP contribution is -2.39. The van der Waals surface area contributed by atoms with E-state index in [4.69, 9.17) is 20.3 Å². The predicted molar refractivity (Wildman–Crippen MR) is 60.6 cm³/mol. The van der Waals surface area contributed by atoms with Crippen molar-refractivity contribution in [1.29, 1.82) is 0 Å². The van der Waals surface area contributed by atoms with Crippen LogP contribution < -0.4 is 5.73 Å². The lowest BCUT2D eigenvalue weighted by molar-refractivity contribution is -0.138. The molecule has 7 heteroatoms. The molecule has 0 spiro atoms. The molecule has 0 aliphatic rings. The highest BCUT2D eigenvalue weighted by atomic mass is 16.5. The van der Waals surface area contributed by atoms with Gasteiger partial charge in [0.05, 0.1) is 19.7 Å². The number of hydrogen-bond acceptors (Lipinski definition) is 5. The van der Waals surface area contributed by atoms with E-state index in [9.17, 15) is 9.59 Å². The van der Waals surface area contributed by atoms with Crippen molar-refractivity contribution in [2.45, 2.75) is 6.42 Å². The van der Waals surface area contributed by atoms with Gasteiger partial charge in [0.25, 0.3) is 0 Å². The zero-order valence-electron chi connectivity index (χ0n) is 10.1. The Labute approximate surface area is 100 Å². The van der Waals surface area contributed by atoms with Gasteiger partial charge in [-0.25, -0.2) is 0 Å². The van der Waals surface area contributed by atoms with Gasteiger partial charge in [-0.05, 0) is 6.42 Å². The number of ether oxygens (including phenoxy) is 2. The van der Waals surface area contributed by atoms with Crippen molar-refractivity contribution in [3.8, 4) is 0 Å². The molecule has 0 unspecified atom stereocenters. The number of aliphatic carboxylic acids is 1. The van der Waals surface area contributed by atoms with Crippen molar-refractivity contribution >= 4 is 11.9 Å². The van der Waals surface area contributed by atoms with Crippen LogP contribution in [0.1, 0.15) is 6.42 Å². The minimum absolute atomic E-state index is 0.0757. The van der Waals surface area contributed by atoms with Crippen molar-refractivity contribution in [1.82, 2.24) is 4.90 Å². The number of nitrogens with two attached hydrogens (primary N) is 1. The maximum atomic E-state index is 10.7. The maximum absolute atomic E-state index is 10.7. The molecule has 0 rings (SSSR count). The summed E-state index contributed by atoms with van der Waals surface area (Å²) in [7, 11) is 1.61. The summed E-state index contributed by atoms with van der Waals surface area (Å²) in [6.45, 7) is 1.61. The van der Waals surface area contributed by atoms with Crippen LogP contribution in [-0.4, -0.2) is 68.4 Å². The van der Waals surface area contributed by atoms with Gasteiger partial charge in [0.15, 0.2) is 0 Å². The van der Waals surface area contributed by atoms with Crippen LogP contribution in [0.2, 0.25) is 0 Å². The summed E-state index contributed by atoms with van der Waals surface area (Å²) in [5, 5.41) is 8.62. The topological polar surface area (TPSA) is 102 Å². The summed E-state index contributed by atoms with van der Waals surface area (Å²) in [5.41, 5.74) is 5.01. The number of amides is 1. The van der Waals surface area contributed by atoms with Gasteiger partial charge < -0.3 is 20.3 Å². The second-order valence-corrected chi connectivity index (χ2v) is 3.53. The van der Waals surface area contributed by atoms with Crippen LogP contribution in [0.15, 0.2) is 0 Å². The summed E-state index contributed by atoms with van der Waals surface area (Å²) >= 11 is 0. The van der Waals surface area contributed by atoms with Gasteiger partial charge in [-0.2, -0.15) is 0 Å². The summed E-state index contributed by atoms with van der Waals surface area (Å²) in [6.07, 6.45) is 0.783. The molecule has 100 valence electrons. The standard InChI is InChI=1S/C10H20N2O5/c1-16-4-2-5-17-6-3-12(7-9(11)13)8-10(14)15/h2-8H2,1H3,(H2,11,13)(H,14,15). The fourth-order valence-electron chi connectivity index (χ4n) is 1.23. The summed E-state index contributed by atoms with van der Waals surface area (Å²) in [6, 6.07) is 0. The van der Waals surface area contributed by atoms with E-state index in [-0.39, 0.29) is 13.1 Å². The van der Waals surface area contributed by atoms with E-state index in [1.54, 1.807) is 7.11 Å². The highest BCUT2D eigenvalue weighted by Crippen LogP contribution is 1.90. The number of methoxy groups -OCH3 is 1. The first-order valence-corrected chi connectivity index (χ1v) is 5.35. The largest absolute Gasteiger partial charge is 0.480 e. The van der Waals surface area contributed by atoms with Crippen molar-refractivity contribution in [3.05, 3.63) is 0 Å². The molecule has 0 fully saturated rings. The zero-order chi connectivity index (χ0) is 13.1. The van der Waals surface area contributed by atoms with Gasteiger partial charge in [-0.15, -0.1) is 0 Å². The van der Waals surface area contributed by atoms with E-state index in [0.29, 0.717) is 26.4 Å². The summed E-state index contributed by atoms with van der Waals surface area (Å²) in [4.78, 5) is 22.6. The Hall–Kier alpha value is -1.18. The van der Waals surface area contributed by atoms with E-state index < -0.39 is 11.9 Å². The fourth-order valence-corrected chi connectivity index (χ4v) is 1.23. The molecule has 0 aromatic carbocycles. The SMILES string of the molecule is COCCCOCCN(CC(N)=O)CC(=O)O. The highest BCUT2D eigenvalue weighted by Gasteiger charge is 2.11. The third-order valence-corrected chi connectivity index (χ3v) is 1.93. The molecule has 0 heterocycles. The normalized spacial score (nSPS) is 10.7. The number of nitrogens with zero attached hydrogens (tertiary/aromatic N) is 1. The van der Waals surface area contributed by atoms with Crippen molar-refractivity contribution in [3.63, 3.8) is 0 Å². The molecular formula is C10H20N2O5. The lowest BCUT2D eigenvalue weighted by atomic mass is 10.4. The Morgan fingerprint density at radius 2 is 1.94 bits per heavy atom. The maximum Gasteiger partial charge on any atom is 0.317 e. The number of primary amides is 1. The second-order valence-electron chi connectivity index (χ2n) is 3.53. The molecule has 0 aliphatic carbocycles. The van der Waals surface area contributed by atoms with Gasteiger partial charge in [-0.1, -0.05) is 0 Å². The van der Waals surface area contributed by atoms with Gasteiger partial charge in [0.2, 0.25) is 5.91 Å². The average molecular weight is 248 g/mol. The summed E-state index contributed by atoms with van der Waals surface area (Å²) in [5.74, 6) is -1.55. The smallest absolute Gasteiger partial charge is 0.317 e. The van der Waals surface area contributed by atoms with Gasteiger partial charge in [0.1, 0.15) is 0 Å². The van der Waals surface area contributed by atoms with Gasteiger partial charge in [0, 0.05) is 26.9 Å². The Kier molecular flexibility index (Phi) is 9.31. The number of carbonyl (C=O) groups is 2. The Bertz CT molecular complexity index is 219. The van der Waals surface area contributed by atoms with Crippen LogP contribution in [0.25, 0.3) is 0 Å². The molecule has 0 saturated carbocycles. The Morgan fingerprint density at radius 1 is 1.24 bits per heavy atom. The van der Waals surface area contributed by atoms with Crippen LogP contribution in [0.5, 0.6) is 0 Å². The van der Waals surface area contributed by atoms with E-state index >= 15 is 0 Å². The van der Waals surface area contributed by atoms with Crippen LogP contribution >= 0.6 is 0 Å². The molecule has 0 aliphatic heterocycles. The van der Waals surface area contributed by atoms with Crippen LogP contribution in [0.3, 0.4) is 0 Å². The number of carbonyl (C=O) groups excluding carboxylic acids is 1. The molecule has 0 atom stereocenters. The molecule has 0 bridgehead atoms. The van der Waals surface area contributed by atoms with Gasteiger partial charge in [-0.3, -0.25) is 14.5 Å². The molecule has 3 N–H and O–H groups in total. The highest BCUT2D eigenvalue weighted by molar-refractivity contribution is 5.77. The number of carboxylic acid groups (broad SMARTS) is 1. The molecule has 0 aromatic heterocycles. The minimum Gasteiger partial charge on any atom is -0.480 e.